The highest BCUT2D eigenvalue weighted by molar-refractivity contribution is 6.31. The largest absolute Gasteiger partial charge is 0.466 e. The molecule has 1 unspecified atom stereocenters. The molecule has 0 amide bonds. The number of furan rings is 1. The number of rotatable bonds is 5. The van der Waals surface area contributed by atoms with Crippen LogP contribution in [0.1, 0.15) is 47.7 Å². The predicted molar refractivity (Wildman–Crippen MR) is 79.6 cm³/mol. The molecule has 1 atom stereocenters. The van der Waals surface area contributed by atoms with Crippen molar-refractivity contribution in [1.29, 1.82) is 0 Å². The van der Waals surface area contributed by atoms with Crippen LogP contribution < -0.4 is 11.3 Å². The topological polar surface area (TPSA) is 69.0 Å². The van der Waals surface area contributed by atoms with Gasteiger partial charge < -0.3 is 4.42 Å². The van der Waals surface area contributed by atoms with E-state index in [1.807, 2.05) is 25.5 Å². The van der Waals surface area contributed by atoms with Crippen molar-refractivity contribution in [3.05, 3.63) is 39.6 Å². The van der Waals surface area contributed by atoms with Crippen molar-refractivity contribution in [2.45, 2.75) is 46.7 Å². The van der Waals surface area contributed by atoms with Crippen LogP contribution in [0.3, 0.4) is 0 Å². The Morgan fingerprint density at radius 3 is 2.60 bits per heavy atom. The summed E-state index contributed by atoms with van der Waals surface area (Å²) in [6, 6.07) is -0.228. The second-order valence-electron chi connectivity index (χ2n) is 4.95. The lowest BCUT2D eigenvalue weighted by Gasteiger charge is -2.19. The molecule has 0 saturated heterocycles. The number of nitrogens with zero attached hydrogens (tertiary/aromatic N) is 2. The Labute approximate surface area is 124 Å². The zero-order chi connectivity index (χ0) is 14.9. The maximum atomic E-state index is 6.31. The summed E-state index contributed by atoms with van der Waals surface area (Å²) in [5.74, 6) is 7.53. The van der Waals surface area contributed by atoms with Gasteiger partial charge in [0.25, 0.3) is 0 Å². The lowest BCUT2D eigenvalue weighted by Crippen LogP contribution is -2.31. The smallest absolute Gasteiger partial charge is 0.106 e. The van der Waals surface area contributed by atoms with Crippen molar-refractivity contribution in [2.75, 3.05) is 0 Å². The Balaban J connectivity index is 2.55. The Kier molecular flexibility index (Phi) is 4.52. The minimum absolute atomic E-state index is 0.228. The number of aromatic nitrogens is 2. The van der Waals surface area contributed by atoms with E-state index in [1.165, 1.54) is 0 Å². The van der Waals surface area contributed by atoms with Gasteiger partial charge in [0, 0.05) is 12.1 Å². The average molecular weight is 297 g/mol. The first-order valence-corrected chi connectivity index (χ1v) is 7.12. The molecule has 3 N–H and O–H groups in total. The van der Waals surface area contributed by atoms with Crippen molar-refractivity contribution in [2.24, 2.45) is 5.84 Å². The Morgan fingerprint density at radius 2 is 2.10 bits per heavy atom. The molecule has 0 aliphatic rings. The van der Waals surface area contributed by atoms with Gasteiger partial charge in [0.05, 0.1) is 23.0 Å². The highest BCUT2D eigenvalue weighted by Gasteiger charge is 2.26. The fraction of sp³-hybridized carbons (Fsp3) is 0.500. The molecule has 2 aromatic heterocycles. The summed E-state index contributed by atoms with van der Waals surface area (Å²) in [6.07, 6.45) is 2.64. The van der Waals surface area contributed by atoms with Crippen LogP contribution in [0, 0.1) is 20.8 Å². The highest BCUT2D eigenvalue weighted by atomic mass is 35.5. The van der Waals surface area contributed by atoms with Gasteiger partial charge in [0.2, 0.25) is 0 Å². The fourth-order valence-corrected chi connectivity index (χ4v) is 2.83. The van der Waals surface area contributed by atoms with E-state index in [0.717, 1.165) is 41.3 Å². The van der Waals surface area contributed by atoms with E-state index in [9.17, 15) is 0 Å². The minimum atomic E-state index is -0.228. The summed E-state index contributed by atoms with van der Waals surface area (Å²) in [5, 5.41) is 4.93. The van der Waals surface area contributed by atoms with Gasteiger partial charge in [-0.1, -0.05) is 18.5 Å². The SMILES string of the molecule is CCCn1ncc(Cl)c1C(NN)c1c(C)oc(C)c1C. The van der Waals surface area contributed by atoms with E-state index in [2.05, 4.69) is 17.4 Å². The van der Waals surface area contributed by atoms with Crippen LogP contribution in [0.25, 0.3) is 0 Å². The zero-order valence-corrected chi connectivity index (χ0v) is 13.1. The molecule has 0 bridgehead atoms. The summed E-state index contributed by atoms with van der Waals surface area (Å²) in [6.45, 7) is 8.82. The summed E-state index contributed by atoms with van der Waals surface area (Å²) < 4.78 is 7.59. The molecule has 0 aliphatic heterocycles. The first-order chi connectivity index (χ1) is 9.51. The number of hydrazine groups is 1. The molecule has 6 heteroatoms. The van der Waals surface area contributed by atoms with Crippen molar-refractivity contribution in [3.63, 3.8) is 0 Å². The third-order valence-corrected chi connectivity index (χ3v) is 3.91. The predicted octanol–water partition coefficient (Wildman–Crippen LogP) is 3.02. The van der Waals surface area contributed by atoms with Crippen molar-refractivity contribution in [1.82, 2.24) is 15.2 Å². The van der Waals surface area contributed by atoms with Crippen LogP contribution >= 0.6 is 11.6 Å². The maximum absolute atomic E-state index is 6.31. The van der Waals surface area contributed by atoms with Crippen molar-refractivity contribution in [3.8, 4) is 0 Å². The average Bonchev–Trinajstić information content (AvgIpc) is 2.87. The van der Waals surface area contributed by atoms with Crippen LogP contribution in [0.5, 0.6) is 0 Å². The van der Waals surface area contributed by atoms with Gasteiger partial charge in [0.1, 0.15) is 11.5 Å². The molecule has 0 spiro atoms. The van der Waals surface area contributed by atoms with Gasteiger partial charge in [-0.15, -0.1) is 0 Å². The van der Waals surface area contributed by atoms with E-state index in [1.54, 1.807) is 6.20 Å². The standard InChI is InChI=1S/C14H21ClN4O/c1-5-6-19-14(11(15)7-17-19)13(18-16)12-8(2)9(3)20-10(12)4/h7,13,18H,5-6,16H2,1-4H3. The van der Waals surface area contributed by atoms with Gasteiger partial charge >= 0.3 is 0 Å². The quantitative estimate of drug-likeness (QED) is 0.657. The Morgan fingerprint density at radius 1 is 1.40 bits per heavy atom. The fourth-order valence-electron chi connectivity index (χ4n) is 2.58. The normalized spacial score (nSPS) is 12.9. The van der Waals surface area contributed by atoms with Crippen molar-refractivity contribution >= 4 is 11.6 Å². The summed E-state index contributed by atoms with van der Waals surface area (Å²) >= 11 is 6.31. The molecular formula is C14H21ClN4O. The highest BCUT2D eigenvalue weighted by Crippen LogP contribution is 2.34. The number of nitrogens with one attached hydrogen (secondary N) is 1. The number of aryl methyl sites for hydroxylation is 3. The third kappa shape index (κ3) is 2.49. The first kappa shape index (κ1) is 15.1. The number of hydrogen-bond donors (Lipinski definition) is 2. The van der Waals surface area contributed by atoms with E-state index >= 15 is 0 Å². The number of hydrogen-bond acceptors (Lipinski definition) is 4. The number of halogens is 1. The molecular weight excluding hydrogens is 276 g/mol. The molecule has 0 aromatic carbocycles. The van der Waals surface area contributed by atoms with Gasteiger partial charge in [-0.3, -0.25) is 10.5 Å². The van der Waals surface area contributed by atoms with Crippen LogP contribution in [0.4, 0.5) is 0 Å². The molecule has 2 aromatic rings. The molecule has 0 radical (unpaired) electrons. The van der Waals surface area contributed by atoms with Gasteiger partial charge in [-0.05, 0) is 32.8 Å². The molecule has 110 valence electrons. The van der Waals surface area contributed by atoms with Gasteiger partial charge in [-0.2, -0.15) is 5.10 Å². The second-order valence-corrected chi connectivity index (χ2v) is 5.36. The van der Waals surface area contributed by atoms with E-state index in [4.69, 9.17) is 21.9 Å². The summed E-state index contributed by atoms with van der Waals surface area (Å²) in [7, 11) is 0. The molecule has 0 fully saturated rings. The Bertz CT molecular complexity index is 603. The molecule has 20 heavy (non-hydrogen) atoms. The third-order valence-electron chi connectivity index (χ3n) is 3.62. The molecule has 0 aliphatic carbocycles. The maximum Gasteiger partial charge on any atom is 0.106 e. The number of nitrogens with two attached hydrogens (primary N) is 1. The van der Waals surface area contributed by atoms with Gasteiger partial charge in [-0.25, -0.2) is 5.43 Å². The minimum Gasteiger partial charge on any atom is -0.466 e. The zero-order valence-electron chi connectivity index (χ0n) is 12.3. The van der Waals surface area contributed by atoms with Crippen LogP contribution in [0.2, 0.25) is 5.02 Å². The van der Waals surface area contributed by atoms with Gasteiger partial charge in [0.15, 0.2) is 0 Å². The summed E-state index contributed by atoms with van der Waals surface area (Å²) in [5.41, 5.74) is 5.85. The van der Waals surface area contributed by atoms with E-state index < -0.39 is 0 Å². The molecule has 2 heterocycles. The monoisotopic (exact) mass is 296 g/mol. The van der Waals surface area contributed by atoms with Crippen LogP contribution in [-0.4, -0.2) is 9.78 Å². The molecule has 2 rings (SSSR count). The lowest BCUT2D eigenvalue weighted by molar-refractivity contribution is 0.484. The lowest BCUT2D eigenvalue weighted by atomic mass is 10.00. The van der Waals surface area contributed by atoms with Crippen LogP contribution in [0.15, 0.2) is 10.6 Å². The van der Waals surface area contributed by atoms with E-state index in [0.29, 0.717) is 5.02 Å². The molecule has 0 saturated carbocycles. The summed E-state index contributed by atoms with van der Waals surface area (Å²) in [4.78, 5) is 0. The first-order valence-electron chi connectivity index (χ1n) is 6.75. The van der Waals surface area contributed by atoms with Crippen molar-refractivity contribution < 1.29 is 4.42 Å². The second kappa shape index (κ2) is 5.99. The van der Waals surface area contributed by atoms with E-state index in [-0.39, 0.29) is 6.04 Å². The molecule has 5 nitrogen and oxygen atoms in total. The van der Waals surface area contributed by atoms with Crippen LogP contribution in [-0.2, 0) is 6.54 Å². The Hall–Kier alpha value is -1.30.